The summed E-state index contributed by atoms with van der Waals surface area (Å²) in [5, 5.41) is 5.70. The van der Waals surface area contributed by atoms with E-state index in [1.165, 1.54) is 13.1 Å². The Morgan fingerprint density at radius 1 is 1.23 bits per heavy atom. The van der Waals surface area contributed by atoms with Crippen molar-refractivity contribution in [2.24, 2.45) is 0 Å². The fraction of sp³-hybridized carbons (Fsp3) is 0.556. The number of carbonyl (C=O) groups excluding carboxylic acids is 2. The number of nitrogens with zero attached hydrogens (tertiary/aromatic N) is 1. The van der Waals surface area contributed by atoms with Gasteiger partial charge in [0.1, 0.15) is 0 Å². The highest BCUT2D eigenvalue weighted by Gasteiger charge is 2.26. The average Bonchev–Trinajstić information content (AvgIpc) is 3.01. The number of carbonyl (C=O) groups is 2. The first-order chi connectivity index (χ1) is 12.4. The lowest BCUT2D eigenvalue weighted by Gasteiger charge is -2.19. The highest BCUT2D eigenvalue weighted by atomic mass is 32.2. The molecule has 1 aliphatic carbocycles. The molecule has 1 fully saturated rings. The molecule has 142 valence electrons. The fourth-order valence-electron chi connectivity index (χ4n) is 3.52. The molecule has 3 rings (SSSR count). The summed E-state index contributed by atoms with van der Waals surface area (Å²) in [7, 11) is -2.35. The van der Waals surface area contributed by atoms with Gasteiger partial charge in [-0.25, -0.2) is 8.42 Å². The fourth-order valence-corrected chi connectivity index (χ4v) is 4.70. The van der Waals surface area contributed by atoms with Crippen LogP contribution in [0.4, 0.5) is 5.69 Å². The minimum absolute atomic E-state index is 0.0555. The summed E-state index contributed by atoms with van der Waals surface area (Å²) in [6.45, 7) is -0.202. The Labute approximate surface area is 154 Å². The largest absolute Gasteiger partial charge is 0.352 e. The van der Waals surface area contributed by atoms with Crippen molar-refractivity contribution < 1.29 is 18.0 Å². The van der Waals surface area contributed by atoms with Crippen molar-refractivity contribution in [2.45, 2.75) is 55.9 Å². The molecule has 0 atom stereocenters. The third-order valence-electron chi connectivity index (χ3n) is 5.00. The number of benzene rings is 1. The van der Waals surface area contributed by atoms with E-state index >= 15 is 0 Å². The standard InChI is InChI=1S/C18H25N3O4S/c1-21(12-18(23)19-14-6-2-3-7-14)26(24,25)15-9-10-16-13(11-15)5-4-8-17(22)20-16/h9-11,14H,2-8,12H2,1H3,(H,19,23)(H,20,22). The minimum Gasteiger partial charge on any atom is -0.352 e. The maximum atomic E-state index is 12.8. The van der Waals surface area contributed by atoms with Gasteiger partial charge in [0.05, 0.1) is 11.4 Å². The van der Waals surface area contributed by atoms with Gasteiger partial charge in [-0.2, -0.15) is 4.31 Å². The van der Waals surface area contributed by atoms with Gasteiger partial charge in [-0.05, 0) is 49.4 Å². The van der Waals surface area contributed by atoms with Crippen molar-refractivity contribution in [1.29, 1.82) is 0 Å². The van der Waals surface area contributed by atoms with E-state index < -0.39 is 10.0 Å². The van der Waals surface area contributed by atoms with Crippen LogP contribution in [0.2, 0.25) is 0 Å². The SMILES string of the molecule is CN(CC(=O)NC1CCCC1)S(=O)(=O)c1ccc2c(c1)CCCC(=O)N2. The Hall–Kier alpha value is -1.93. The topological polar surface area (TPSA) is 95.6 Å². The lowest BCUT2D eigenvalue weighted by atomic mass is 10.1. The maximum absolute atomic E-state index is 12.8. The lowest BCUT2D eigenvalue weighted by Crippen LogP contribution is -2.41. The quantitative estimate of drug-likeness (QED) is 0.813. The molecule has 1 heterocycles. The number of likely N-dealkylation sites (N-methyl/N-ethyl adjacent to an activating group) is 1. The normalized spacial score (nSPS) is 18.3. The van der Waals surface area contributed by atoms with Gasteiger partial charge >= 0.3 is 0 Å². The molecule has 26 heavy (non-hydrogen) atoms. The lowest BCUT2D eigenvalue weighted by molar-refractivity contribution is -0.121. The first kappa shape index (κ1) is 18.8. The third-order valence-corrected chi connectivity index (χ3v) is 6.79. The molecule has 1 aromatic rings. The summed E-state index contributed by atoms with van der Waals surface area (Å²) in [6, 6.07) is 4.86. The van der Waals surface area contributed by atoms with Crippen LogP contribution in [0.25, 0.3) is 0 Å². The van der Waals surface area contributed by atoms with E-state index in [0.717, 1.165) is 35.6 Å². The summed E-state index contributed by atoms with van der Waals surface area (Å²) in [5.74, 6) is -0.329. The minimum atomic E-state index is -3.77. The summed E-state index contributed by atoms with van der Waals surface area (Å²) < 4.78 is 26.7. The van der Waals surface area contributed by atoms with Gasteiger partial charge in [-0.1, -0.05) is 12.8 Å². The molecule has 8 heteroatoms. The molecular formula is C18H25N3O4S. The number of sulfonamides is 1. The molecule has 7 nitrogen and oxygen atoms in total. The zero-order chi connectivity index (χ0) is 18.7. The van der Waals surface area contributed by atoms with Crippen molar-refractivity contribution in [1.82, 2.24) is 9.62 Å². The number of aryl methyl sites for hydroxylation is 1. The number of anilines is 1. The summed E-state index contributed by atoms with van der Waals surface area (Å²) >= 11 is 0. The molecule has 1 aliphatic heterocycles. The molecule has 1 saturated carbocycles. The van der Waals surface area contributed by atoms with Gasteiger partial charge in [-0.3, -0.25) is 9.59 Å². The Morgan fingerprint density at radius 2 is 1.96 bits per heavy atom. The summed E-state index contributed by atoms with van der Waals surface area (Å²) in [4.78, 5) is 23.9. The first-order valence-corrected chi connectivity index (χ1v) is 10.5. The second-order valence-corrected chi connectivity index (χ2v) is 9.08. The van der Waals surface area contributed by atoms with Gasteiger partial charge in [0.25, 0.3) is 0 Å². The van der Waals surface area contributed by atoms with E-state index in [1.807, 2.05) is 0 Å². The molecule has 2 N–H and O–H groups in total. The van der Waals surface area contributed by atoms with Crippen LogP contribution in [0.1, 0.15) is 44.1 Å². The van der Waals surface area contributed by atoms with Crippen LogP contribution in [-0.4, -0.2) is 44.2 Å². The Morgan fingerprint density at radius 3 is 2.69 bits per heavy atom. The van der Waals surface area contributed by atoms with E-state index in [0.29, 0.717) is 24.9 Å². The van der Waals surface area contributed by atoms with Crippen LogP contribution < -0.4 is 10.6 Å². The second kappa shape index (κ2) is 7.75. The number of fused-ring (bicyclic) bond motifs is 1. The van der Waals surface area contributed by atoms with Gasteiger partial charge in [-0.15, -0.1) is 0 Å². The van der Waals surface area contributed by atoms with Gasteiger partial charge < -0.3 is 10.6 Å². The summed E-state index contributed by atoms with van der Waals surface area (Å²) in [5.41, 5.74) is 1.47. The molecule has 0 aromatic heterocycles. The Kier molecular flexibility index (Phi) is 5.62. The zero-order valence-corrected chi connectivity index (χ0v) is 15.8. The van der Waals surface area contributed by atoms with Crippen molar-refractivity contribution in [3.8, 4) is 0 Å². The van der Waals surface area contributed by atoms with Crippen LogP contribution in [-0.2, 0) is 26.0 Å². The van der Waals surface area contributed by atoms with E-state index in [9.17, 15) is 18.0 Å². The van der Waals surface area contributed by atoms with Crippen LogP contribution in [0.5, 0.6) is 0 Å². The molecule has 0 bridgehead atoms. The van der Waals surface area contributed by atoms with Crippen molar-refractivity contribution >= 4 is 27.5 Å². The number of amides is 2. The molecule has 2 amide bonds. The van der Waals surface area contributed by atoms with E-state index in [-0.39, 0.29) is 29.3 Å². The Balaban J connectivity index is 1.71. The molecule has 1 aromatic carbocycles. The molecule has 0 spiro atoms. The average molecular weight is 379 g/mol. The van der Waals surface area contributed by atoms with E-state index in [2.05, 4.69) is 10.6 Å². The Bertz CT molecular complexity index is 801. The summed E-state index contributed by atoms with van der Waals surface area (Å²) in [6.07, 6.45) is 5.87. The molecule has 2 aliphatic rings. The predicted octanol–water partition coefficient (Wildman–Crippen LogP) is 1.64. The van der Waals surface area contributed by atoms with Crippen LogP contribution in [0.3, 0.4) is 0 Å². The molecular weight excluding hydrogens is 354 g/mol. The number of rotatable bonds is 5. The second-order valence-electron chi connectivity index (χ2n) is 7.03. The van der Waals surface area contributed by atoms with Gasteiger partial charge in [0.2, 0.25) is 21.8 Å². The van der Waals surface area contributed by atoms with Gasteiger partial charge in [0, 0.05) is 25.2 Å². The van der Waals surface area contributed by atoms with E-state index in [4.69, 9.17) is 0 Å². The highest BCUT2D eigenvalue weighted by molar-refractivity contribution is 7.89. The monoisotopic (exact) mass is 379 g/mol. The van der Waals surface area contributed by atoms with Crippen molar-refractivity contribution in [3.05, 3.63) is 23.8 Å². The number of hydrogen-bond donors (Lipinski definition) is 2. The first-order valence-electron chi connectivity index (χ1n) is 9.05. The molecule has 0 saturated heterocycles. The van der Waals surface area contributed by atoms with Crippen LogP contribution in [0, 0.1) is 0 Å². The molecule has 0 unspecified atom stereocenters. The molecule has 0 radical (unpaired) electrons. The highest BCUT2D eigenvalue weighted by Crippen LogP contribution is 2.26. The zero-order valence-electron chi connectivity index (χ0n) is 15.0. The number of hydrogen-bond acceptors (Lipinski definition) is 4. The van der Waals surface area contributed by atoms with Crippen LogP contribution >= 0.6 is 0 Å². The van der Waals surface area contributed by atoms with Crippen LogP contribution in [0.15, 0.2) is 23.1 Å². The van der Waals surface area contributed by atoms with E-state index in [1.54, 1.807) is 12.1 Å². The number of nitrogens with one attached hydrogen (secondary N) is 2. The third kappa shape index (κ3) is 4.24. The van der Waals surface area contributed by atoms with Crippen molar-refractivity contribution in [3.63, 3.8) is 0 Å². The maximum Gasteiger partial charge on any atom is 0.243 e. The smallest absolute Gasteiger partial charge is 0.243 e. The van der Waals surface area contributed by atoms with Crippen molar-refractivity contribution in [2.75, 3.05) is 18.9 Å². The van der Waals surface area contributed by atoms with Gasteiger partial charge in [0.15, 0.2) is 0 Å². The predicted molar refractivity (Wildman–Crippen MR) is 98.2 cm³/mol.